The van der Waals surface area contributed by atoms with E-state index in [-0.39, 0.29) is 23.3 Å². The molecule has 1 heterocycles. The minimum atomic E-state index is -0.420. The van der Waals surface area contributed by atoms with Crippen LogP contribution in [-0.4, -0.2) is 67.1 Å². The van der Waals surface area contributed by atoms with Crippen LogP contribution in [0.25, 0.3) is 0 Å². The maximum absolute atomic E-state index is 13.3. The van der Waals surface area contributed by atoms with Crippen LogP contribution >= 0.6 is 0 Å². The van der Waals surface area contributed by atoms with Crippen molar-refractivity contribution in [2.24, 2.45) is 0 Å². The molecule has 0 spiro atoms. The summed E-state index contributed by atoms with van der Waals surface area (Å²) in [4.78, 5) is 29.3. The molecule has 0 bridgehead atoms. The van der Waals surface area contributed by atoms with E-state index >= 15 is 0 Å². The van der Waals surface area contributed by atoms with Gasteiger partial charge in [0.15, 0.2) is 0 Å². The SMILES string of the molecule is C=CCN1CC[C@@]2(c3cccc(OC(C)=O)c3)C[C@H](N(C)C(=O)c3ccccc3)CC[C@]2(OC)C1. The summed E-state index contributed by atoms with van der Waals surface area (Å²) in [5, 5.41) is 0. The van der Waals surface area contributed by atoms with Crippen LogP contribution in [0.15, 0.2) is 67.3 Å². The zero-order valence-electron chi connectivity index (χ0n) is 21.0. The molecule has 0 radical (unpaired) electrons. The molecule has 2 aromatic carbocycles. The summed E-state index contributed by atoms with van der Waals surface area (Å²) >= 11 is 0. The van der Waals surface area contributed by atoms with E-state index in [1.54, 1.807) is 7.11 Å². The van der Waals surface area contributed by atoms with Crippen molar-refractivity contribution in [2.75, 3.05) is 33.8 Å². The van der Waals surface area contributed by atoms with E-state index in [9.17, 15) is 9.59 Å². The van der Waals surface area contributed by atoms with Gasteiger partial charge in [-0.2, -0.15) is 0 Å². The van der Waals surface area contributed by atoms with Gasteiger partial charge in [0.1, 0.15) is 5.75 Å². The van der Waals surface area contributed by atoms with Crippen LogP contribution in [0.2, 0.25) is 0 Å². The Morgan fingerprint density at radius 2 is 1.94 bits per heavy atom. The fraction of sp³-hybridized carbons (Fsp3) is 0.448. The van der Waals surface area contributed by atoms with Crippen molar-refractivity contribution >= 4 is 11.9 Å². The second-order valence-electron chi connectivity index (χ2n) is 9.85. The third-order valence-electron chi connectivity index (χ3n) is 7.99. The zero-order chi connectivity index (χ0) is 25.1. The van der Waals surface area contributed by atoms with Crippen LogP contribution in [0.1, 0.15) is 48.5 Å². The van der Waals surface area contributed by atoms with Crippen molar-refractivity contribution in [3.8, 4) is 5.75 Å². The normalized spacial score (nSPS) is 26.4. The fourth-order valence-electron chi connectivity index (χ4n) is 6.21. The van der Waals surface area contributed by atoms with Gasteiger partial charge in [0.25, 0.3) is 5.91 Å². The van der Waals surface area contributed by atoms with Gasteiger partial charge in [0.2, 0.25) is 0 Å². The Labute approximate surface area is 208 Å². The molecule has 0 aromatic heterocycles. The number of ether oxygens (including phenoxy) is 2. The van der Waals surface area contributed by atoms with Gasteiger partial charge in [-0.1, -0.05) is 36.4 Å². The lowest BCUT2D eigenvalue weighted by atomic mass is 9.55. The average molecular weight is 477 g/mol. The molecule has 4 rings (SSSR count). The van der Waals surface area contributed by atoms with Gasteiger partial charge in [0, 0.05) is 51.2 Å². The number of amides is 1. The van der Waals surface area contributed by atoms with Gasteiger partial charge < -0.3 is 14.4 Å². The lowest BCUT2D eigenvalue weighted by Gasteiger charge is -2.60. The predicted molar refractivity (Wildman–Crippen MR) is 137 cm³/mol. The van der Waals surface area contributed by atoms with Crippen molar-refractivity contribution in [2.45, 2.75) is 49.7 Å². The Hall–Kier alpha value is -2.96. The molecule has 6 heteroatoms. The molecule has 3 atom stereocenters. The number of hydrogen-bond acceptors (Lipinski definition) is 5. The number of piperidine rings is 1. The van der Waals surface area contributed by atoms with Crippen molar-refractivity contribution < 1.29 is 19.1 Å². The van der Waals surface area contributed by atoms with Crippen LogP contribution in [0, 0.1) is 0 Å². The highest BCUT2D eigenvalue weighted by atomic mass is 16.5. The Balaban J connectivity index is 1.73. The molecule has 186 valence electrons. The minimum Gasteiger partial charge on any atom is -0.427 e. The lowest BCUT2D eigenvalue weighted by molar-refractivity contribution is -0.151. The second kappa shape index (κ2) is 10.3. The Morgan fingerprint density at radius 1 is 1.17 bits per heavy atom. The summed E-state index contributed by atoms with van der Waals surface area (Å²) in [6.45, 7) is 7.84. The van der Waals surface area contributed by atoms with E-state index in [4.69, 9.17) is 9.47 Å². The third-order valence-corrected chi connectivity index (χ3v) is 7.99. The number of methoxy groups -OCH3 is 1. The Bertz CT molecular complexity index is 1070. The first-order chi connectivity index (χ1) is 16.8. The van der Waals surface area contributed by atoms with Gasteiger partial charge in [-0.05, 0) is 62.1 Å². The van der Waals surface area contributed by atoms with Crippen molar-refractivity contribution in [3.05, 3.63) is 78.4 Å². The maximum atomic E-state index is 13.3. The molecule has 1 amide bonds. The van der Waals surface area contributed by atoms with E-state index in [2.05, 4.69) is 17.5 Å². The van der Waals surface area contributed by atoms with Gasteiger partial charge in [-0.25, -0.2) is 0 Å². The number of fused-ring (bicyclic) bond motifs is 1. The highest BCUT2D eigenvalue weighted by molar-refractivity contribution is 5.94. The van der Waals surface area contributed by atoms with Gasteiger partial charge in [0.05, 0.1) is 5.60 Å². The zero-order valence-corrected chi connectivity index (χ0v) is 21.0. The van der Waals surface area contributed by atoms with Crippen LogP contribution < -0.4 is 4.74 Å². The Kier molecular flexibility index (Phi) is 7.43. The van der Waals surface area contributed by atoms with E-state index in [1.807, 2.05) is 66.6 Å². The van der Waals surface area contributed by atoms with Gasteiger partial charge in [-0.15, -0.1) is 6.58 Å². The molecular formula is C29H36N2O4. The predicted octanol–water partition coefficient (Wildman–Crippen LogP) is 4.45. The maximum Gasteiger partial charge on any atom is 0.308 e. The molecule has 2 aromatic rings. The molecule has 1 saturated heterocycles. The summed E-state index contributed by atoms with van der Waals surface area (Å²) in [5.41, 5.74) is 1.05. The number of benzene rings is 2. The molecule has 35 heavy (non-hydrogen) atoms. The first-order valence-electron chi connectivity index (χ1n) is 12.3. The van der Waals surface area contributed by atoms with Crippen LogP contribution in [0.3, 0.4) is 0 Å². The topological polar surface area (TPSA) is 59.1 Å². The van der Waals surface area contributed by atoms with Crippen molar-refractivity contribution in [3.63, 3.8) is 0 Å². The molecule has 0 N–H and O–H groups in total. The summed E-state index contributed by atoms with van der Waals surface area (Å²) in [6.07, 6.45) is 5.28. The number of nitrogens with zero attached hydrogens (tertiary/aromatic N) is 2. The number of esters is 1. The summed E-state index contributed by atoms with van der Waals surface area (Å²) < 4.78 is 11.9. The molecule has 1 aliphatic heterocycles. The van der Waals surface area contributed by atoms with Crippen LogP contribution in [-0.2, 0) is 14.9 Å². The largest absolute Gasteiger partial charge is 0.427 e. The Morgan fingerprint density at radius 3 is 2.63 bits per heavy atom. The third kappa shape index (κ3) is 4.78. The second-order valence-corrected chi connectivity index (χ2v) is 9.85. The molecule has 1 saturated carbocycles. The molecule has 1 aliphatic carbocycles. The molecular weight excluding hydrogens is 440 g/mol. The first-order valence-corrected chi connectivity index (χ1v) is 12.3. The number of hydrogen-bond donors (Lipinski definition) is 0. The number of likely N-dealkylation sites (tertiary alicyclic amines) is 1. The van der Waals surface area contributed by atoms with E-state index < -0.39 is 5.60 Å². The molecule has 0 unspecified atom stereocenters. The molecule has 2 fully saturated rings. The number of rotatable bonds is 7. The van der Waals surface area contributed by atoms with Gasteiger partial charge >= 0.3 is 5.97 Å². The highest BCUT2D eigenvalue weighted by Gasteiger charge is 2.59. The number of carbonyl (C=O) groups is 2. The van der Waals surface area contributed by atoms with Crippen molar-refractivity contribution in [1.82, 2.24) is 9.80 Å². The molecule has 2 aliphatic rings. The minimum absolute atomic E-state index is 0.0356. The molecule has 6 nitrogen and oxygen atoms in total. The highest BCUT2D eigenvalue weighted by Crippen LogP contribution is 2.54. The van der Waals surface area contributed by atoms with E-state index in [0.29, 0.717) is 11.3 Å². The first kappa shape index (κ1) is 25.1. The fourth-order valence-corrected chi connectivity index (χ4v) is 6.21. The van der Waals surface area contributed by atoms with Crippen LogP contribution in [0.5, 0.6) is 5.75 Å². The summed E-state index contributed by atoms with van der Waals surface area (Å²) in [7, 11) is 3.72. The summed E-state index contributed by atoms with van der Waals surface area (Å²) in [5.74, 6) is 0.236. The van der Waals surface area contributed by atoms with E-state index in [0.717, 1.165) is 50.9 Å². The van der Waals surface area contributed by atoms with E-state index in [1.165, 1.54) is 6.92 Å². The number of carbonyl (C=O) groups excluding carboxylic acids is 2. The van der Waals surface area contributed by atoms with Crippen LogP contribution in [0.4, 0.5) is 0 Å². The lowest BCUT2D eigenvalue weighted by Crippen LogP contribution is -2.68. The smallest absolute Gasteiger partial charge is 0.308 e. The van der Waals surface area contributed by atoms with Crippen molar-refractivity contribution in [1.29, 1.82) is 0 Å². The average Bonchev–Trinajstić information content (AvgIpc) is 2.88. The summed E-state index contributed by atoms with van der Waals surface area (Å²) in [6, 6.07) is 17.4. The van der Waals surface area contributed by atoms with Gasteiger partial charge in [-0.3, -0.25) is 14.5 Å². The quantitative estimate of drug-likeness (QED) is 0.336. The monoisotopic (exact) mass is 476 g/mol. The standard InChI is InChI=1S/C29H36N2O4/c1-5-17-31-18-16-28(24-12-9-13-26(19-24)35-22(2)32)20-25(14-15-29(28,21-31)34-4)30(3)27(33)23-10-7-6-8-11-23/h5-13,19,25H,1,14-18,20-21H2,2-4H3/t25-,28+,29+/m1/s1.